The summed E-state index contributed by atoms with van der Waals surface area (Å²) in [5.74, 6) is -0.773. The molecule has 0 aromatic carbocycles. The van der Waals surface area contributed by atoms with Gasteiger partial charge in [0.05, 0.1) is 0 Å². The van der Waals surface area contributed by atoms with Gasteiger partial charge in [-0.2, -0.15) is 9.49 Å². The summed E-state index contributed by atoms with van der Waals surface area (Å²) in [6, 6.07) is 5.77. The molecule has 88 valence electrons. The smallest absolute Gasteiger partial charge is 0.275 e. The first-order valence-corrected chi connectivity index (χ1v) is 5.17. The number of nitrogens with zero attached hydrogens (tertiary/aromatic N) is 2. The minimum absolute atomic E-state index is 0.0195. The maximum Gasteiger partial charge on any atom is 0.275 e. The molecule has 6 heteroatoms. The van der Waals surface area contributed by atoms with Crippen LogP contribution in [0.25, 0.3) is 0 Å². The average Bonchev–Trinajstić information content (AvgIpc) is 2.77. The van der Waals surface area contributed by atoms with E-state index in [1.807, 2.05) is 6.92 Å². The topological polar surface area (TPSA) is 70.7 Å². The van der Waals surface area contributed by atoms with E-state index in [0.29, 0.717) is 5.82 Å². The Morgan fingerprint density at radius 3 is 3.00 bits per heavy atom. The lowest BCUT2D eigenvalue weighted by atomic mass is 10.3. The summed E-state index contributed by atoms with van der Waals surface area (Å²) in [4.78, 5) is 15.1. The Morgan fingerprint density at radius 2 is 2.35 bits per heavy atom. The molecule has 2 aromatic heterocycles. The van der Waals surface area contributed by atoms with Gasteiger partial charge in [0, 0.05) is 11.8 Å². The highest BCUT2D eigenvalue weighted by Crippen LogP contribution is 2.07. The molecular formula is C11H11FN4O. The zero-order chi connectivity index (χ0) is 12.3. The molecule has 0 aliphatic carbocycles. The Balaban J connectivity index is 2.11. The number of aromatic amines is 1. The third kappa shape index (κ3) is 2.66. The Kier molecular flexibility index (Phi) is 3.13. The molecule has 0 fully saturated rings. The van der Waals surface area contributed by atoms with Gasteiger partial charge in [-0.15, -0.1) is 0 Å². The van der Waals surface area contributed by atoms with Gasteiger partial charge in [0.25, 0.3) is 5.91 Å². The zero-order valence-corrected chi connectivity index (χ0v) is 9.20. The Labute approximate surface area is 97.1 Å². The van der Waals surface area contributed by atoms with E-state index in [9.17, 15) is 9.18 Å². The van der Waals surface area contributed by atoms with Gasteiger partial charge < -0.3 is 5.32 Å². The van der Waals surface area contributed by atoms with E-state index in [2.05, 4.69) is 20.5 Å². The van der Waals surface area contributed by atoms with Crippen LogP contribution >= 0.6 is 0 Å². The van der Waals surface area contributed by atoms with Gasteiger partial charge in [-0.25, -0.2) is 4.98 Å². The van der Waals surface area contributed by atoms with Gasteiger partial charge in [0.2, 0.25) is 5.95 Å². The van der Waals surface area contributed by atoms with Crippen molar-refractivity contribution in [2.75, 3.05) is 5.32 Å². The van der Waals surface area contributed by atoms with Crippen LogP contribution in [0.15, 0.2) is 24.3 Å². The Morgan fingerprint density at radius 1 is 1.53 bits per heavy atom. The van der Waals surface area contributed by atoms with E-state index in [-0.39, 0.29) is 5.69 Å². The van der Waals surface area contributed by atoms with Crippen molar-refractivity contribution in [3.8, 4) is 0 Å². The standard InChI is InChI=1S/C11H11FN4O/c1-2-7-6-10(16-15-7)14-11(17)8-4-3-5-9(12)13-8/h3-6H,2H2,1H3,(H2,14,15,16,17). The molecule has 2 N–H and O–H groups in total. The van der Waals surface area contributed by atoms with Crippen molar-refractivity contribution in [3.05, 3.63) is 41.6 Å². The van der Waals surface area contributed by atoms with E-state index >= 15 is 0 Å². The van der Waals surface area contributed by atoms with Crippen LogP contribution in [-0.2, 0) is 6.42 Å². The highest BCUT2D eigenvalue weighted by atomic mass is 19.1. The zero-order valence-electron chi connectivity index (χ0n) is 9.20. The van der Waals surface area contributed by atoms with Gasteiger partial charge >= 0.3 is 0 Å². The van der Waals surface area contributed by atoms with Crippen LogP contribution in [0.2, 0.25) is 0 Å². The number of anilines is 1. The van der Waals surface area contributed by atoms with E-state index in [1.54, 1.807) is 6.07 Å². The molecule has 0 radical (unpaired) electrons. The summed E-state index contributed by atoms with van der Waals surface area (Å²) in [5, 5.41) is 9.19. The molecule has 2 rings (SSSR count). The molecule has 2 aromatic rings. The molecule has 2 heterocycles. The number of aromatic nitrogens is 3. The third-order valence-corrected chi connectivity index (χ3v) is 2.20. The van der Waals surface area contributed by atoms with Crippen LogP contribution in [0.4, 0.5) is 10.2 Å². The third-order valence-electron chi connectivity index (χ3n) is 2.20. The van der Waals surface area contributed by atoms with Crippen LogP contribution in [0.1, 0.15) is 23.1 Å². The van der Waals surface area contributed by atoms with Crippen molar-refractivity contribution in [3.63, 3.8) is 0 Å². The molecule has 0 saturated carbocycles. The lowest BCUT2D eigenvalue weighted by Crippen LogP contribution is -2.14. The number of nitrogens with one attached hydrogen (secondary N) is 2. The molecule has 0 bridgehead atoms. The van der Waals surface area contributed by atoms with Crippen LogP contribution < -0.4 is 5.32 Å². The van der Waals surface area contributed by atoms with Gasteiger partial charge in [-0.1, -0.05) is 13.0 Å². The predicted octanol–water partition coefficient (Wildman–Crippen LogP) is 1.76. The number of rotatable bonds is 3. The fourth-order valence-corrected chi connectivity index (χ4v) is 1.32. The number of aryl methyl sites for hydroxylation is 1. The van der Waals surface area contributed by atoms with Crippen LogP contribution in [0.3, 0.4) is 0 Å². The summed E-state index contributed by atoms with van der Waals surface area (Å²) in [7, 11) is 0. The summed E-state index contributed by atoms with van der Waals surface area (Å²) in [6.07, 6.45) is 0.793. The molecule has 1 amide bonds. The quantitative estimate of drug-likeness (QED) is 0.795. The molecule has 0 aliphatic heterocycles. The summed E-state index contributed by atoms with van der Waals surface area (Å²) in [6.45, 7) is 1.97. The predicted molar refractivity (Wildman–Crippen MR) is 60.1 cm³/mol. The summed E-state index contributed by atoms with van der Waals surface area (Å²) in [5.41, 5.74) is 0.929. The Bertz CT molecular complexity index is 538. The van der Waals surface area contributed by atoms with E-state index in [0.717, 1.165) is 12.1 Å². The lowest BCUT2D eigenvalue weighted by molar-refractivity contribution is 0.102. The number of carbonyl (C=O) groups excluding carboxylic acids is 1. The molecule has 0 spiro atoms. The van der Waals surface area contributed by atoms with E-state index < -0.39 is 11.9 Å². The fraction of sp³-hybridized carbons (Fsp3) is 0.182. The van der Waals surface area contributed by atoms with Gasteiger partial charge in [0.15, 0.2) is 5.82 Å². The van der Waals surface area contributed by atoms with Gasteiger partial charge in [-0.3, -0.25) is 9.89 Å². The highest BCUT2D eigenvalue weighted by Gasteiger charge is 2.10. The van der Waals surface area contributed by atoms with Crippen molar-refractivity contribution in [1.82, 2.24) is 15.2 Å². The second-order valence-electron chi connectivity index (χ2n) is 3.43. The number of pyridine rings is 1. The van der Waals surface area contributed by atoms with Gasteiger partial charge in [0.1, 0.15) is 5.69 Å². The minimum Gasteiger partial charge on any atom is -0.304 e. The fourth-order valence-electron chi connectivity index (χ4n) is 1.32. The normalized spacial score (nSPS) is 10.2. The van der Waals surface area contributed by atoms with E-state index in [4.69, 9.17) is 0 Å². The molecule has 0 atom stereocenters. The van der Waals surface area contributed by atoms with Crippen molar-refractivity contribution in [1.29, 1.82) is 0 Å². The Hall–Kier alpha value is -2.24. The van der Waals surface area contributed by atoms with Crippen LogP contribution in [0.5, 0.6) is 0 Å². The largest absolute Gasteiger partial charge is 0.304 e. The van der Waals surface area contributed by atoms with Crippen molar-refractivity contribution >= 4 is 11.7 Å². The maximum atomic E-state index is 12.8. The minimum atomic E-state index is -0.686. The van der Waals surface area contributed by atoms with Crippen molar-refractivity contribution in [2.24, 2.45) is 0 Å². The highest BCUT2D eigenvalue weighted by molar-refractivity contribution is 6.02. The number of hydrogen-bond acceptors (Lipinski definition) is 3. The first-order valence-electron chi connectivity index (χ1n) is 5.17. The van der Waals surface area contributed by atoms with E-state index in [1.165, 1.54) is 18.2 Å². The van der Waals surface area contributed by atoms with Crippen LogP contribution in [0, 0.1) is 5.95 Å². The molecule has 0 unspecified atom stereocenters. The van der Waals surface area contributed by atoms with Crippen LogP contribution in [-0.4, -0.2) is 21.1 Å². The molecule has 0 saturated heterocycles. The first kappa shape index (κ1) is 11.3. The number of carbonyl (C=O) groups is 1. The second kappa shape index (κ2) is 4.73. The first-order chi connectivity index (χ1) is 8.19. The number of H-pyrrole nitrogens is 1. The maximum absolute atomic E-state index is 12.8. The van der Waals surface area contributed by atoms with Crippen molar-refractivity contribution in [2.45, 2.75) is 13.3 Å². The van der Waals surface area contributed by atoms with Crippen molar-refractivity contribution < 1.29 is 9.18 Å². The number of amides is 1. The summed E-state index contributed by atoms with van der Waals surface area (Å²) < 4.78 is 12.8. The monoisotopic (exact) mass is 234 g/mol. The lowest BCUT2D eigenvalue weighted by Gasteiger charge is -2.00. The van der Waals surface area contributed by atoms with Gasteiger partial charge in [-0.05, 0) is 18.6 Å². The second-order valence-corrected chi connectivity index (χ2v) is 3.43. The molecule has 0 aliphatic rings. The number of hydrogen-bond donors (Lipinski definition) is 2. The average molecular weight is 234 g/mol. The molecule has 17 heavy (non-hydrogen) atoms. The SMILES string of the molecule is CCc1cc(NC(=O)c2cccc(F)n2)n[nH]1. The summed E-state index contributed by atoms with van der Waals surface area (Å²) >= 11 is 0. The number of halogens is 1. The molecular weight excluding hydrogens is 223 g/mol. The molecule has 5 nitrogen and oxygen atoms in total.